The lowest BCUT2D eigenvalue weighted by atomic mass is 9.70. The topological polar surface area (TPSA) is 45.0 Å². The number of rotatable bonds is 3. The van der Waals surface area contributed by atoms with Crippen LogP contribution in [0.3, 0.4) is 0 Å². The van der Waals surface area contributed by atoms with Gasteiger partial charge in [0.2, 0.25) is 0 Å². The van der Waals surface area contributed by atoms with Crippen LogP contribution in [0, 0.1) is 22.7 Å². The number of methoxy groups -OCH3 is 1. The minimum Gasteiger partial charge on any atom is -0.495 e. The molecule has 0 aliphatic heterocycles. The molecule has 0 spiro atoms. The van der Waals surface area contributed by atoms with Crippen LogP contribution in [0.1, 0.15) is 45.6 Å². The van der Waals surface area contributed by atoms with Crippen LogP contribution >= 0.6 is 0 Å². The summed E-state index contributed by atoms with van der Waals surface area (Å²) in [4.78, 5) is 0. The average molecular weight is 272 g/mol. The van der Waals surface area contributed by atoms with E-state index in [-0.39, 0.29) is 0 Å². The number of hydrogen-bond acceptors (Lipinski definition) is 3. The van der Waals surface area contributed by atoms with Crippen LogP contribution in [0.15, 0.2) is 18.2 Å². The van der Waals surface area contributed by atoms with Crippen molar-refractivity contribution in [2.45, 2.75) is 46.1 Å². The van der Waals surface area contributed by atoms with E-state index < -0.39 is 0 Å². The fourth-order valence-corrected chi connectivity index (χ4v) is 3.29. The molecule has 3 nitrogen and oxygen atoms in total. The minimum atomic E-state index is 0.409. The maximum atomic E-state index is 9.27. The summed E-state index contributed by atoms with van der Waals surface area (Å²) in [5, 5.41) is 12.8. The van der Waals surface area contributed by atoms with E-state index in [4.69, 9.17) is 4.74 Å². The summed E-state index contributed by atoms with van der Waals surface area (Å²) < 4.78 is 5.39. The minimum absolute atomic E-state index is 0.409. The lowest BCUT2D eigenvalue weighted by Gasteiger charge is -2.40. The van der Waals surface area contributed by atoms with Crippen molar-refractivity contribution in [3.63, 3.8) is 0 Å². The Bertz CT molecular complexity index is 516. The molecule has 2 unspecified atom stereocenters. The highest BCUT2D eigenvalue weighted by Gasteiger charge is 2.32. The van der Waals surface area contributed by atoms with E-state index in [0.29, 0.717) is 22.9 Å². The molecule has 0 amide bonds. The Balaban J connectivity index is 2.21. The van der Waals surface area contributed by atoms with Crippen LogP contribution in [-0.4, -0.2) is 13.2 Å². The van der Waals surface area contributed by atoms with Crippen molar-refractivity contribution in [3.8, 4) is 11.8 Å². The third-order valence-electron chi connectivity index (χ3n) is 4.39. The monoisotopic (exact) mass is 272 g/mol. The summed E-state index contributed by atoms with van der Waals surface area (Å²) in [6.07, 6.45) is 3.56. The highest BCUT2D eigenvalue weighted by molar-refractivity contribution is 5.66. The van der Waals surface area contributed by atoms with Gasteiger partial charge in [-0.15, -0.1) is 0 Å². The van der Waals surface area contributed by atoms with E-state index >= 15 is 0 Å². The van der Waals surface area contributed by atoms with Gasteiger partial charge in [-0.3, -0.25) is 0 Å². The van der Waals surface area contributed by atoms with Crippen LogP contribution < -0.4 is 10.1 Å². The van der Waals surface area contributed by atoms with Gasteiger partial charge in [0.15, 0.2) is 0 Å². The third kappa shape index (κ3) is 3.07. The highest BCUT2D eigenvalue weighted by Crippen LogP contribution is 2.40. The summed E-state index contributed by atoms with van der Waals surface area (Å²) in [6, 6.07) is 8.25. The van der Waals surface area contributed by atoms with Crippen LogP contribution in [0.25, 0.3) is 0 Å². The van der Waals surface area contributed by atoms with Gasteiger partial charge in [-0.25, -0.2) is 0 Å². The van der Waals surface area contributed by atoms with Crippen LogP contribution in [0.2, 0.25) is 0 Å². The van der Waals surface area contributed by atoms with Gasteiger partial charge in [-0.1, -0.05) is 26.8 Å². The first kappa shape index (κ1) is 14.7. The molecule has 1 saturated carbocycles. The van der Waals surface area contributed by atoms with E-state index in [2.05, 4.69) is 32.2 Å². The maximum absolute atomic E-state index is 9.27. The summed E-state index contributed by atoms with van der Waals surface area (Å²) in [5.41, 5.74) is 1.92. The third-order valence-corrected chi connectivity index (χ3v) is 4.39. The number of ether oxygens (including phenoxy) is 1. The zero-order chi connectivity index (χ0) is 14.8. The fourth-order valence-electron chi connectivity index (χ4n) is 3.29. The van der Waals surface area contributed by atoms with Crippen molar-refractivity contribution in [1.82, 2.24) is 0 Å². The van der Waals surface area contributed by atoms with Gasteiger partial charge in [0.25, 0.3) is 0 Å². The smallest absolute Gasteiger partial charge is 0.143 e. The van der Waals surface area contributed by atoms with Crippen molar-refractivity contribution < 1.29 is 4.74 Å². The first-order chi connectivity index (χ1) is 9.46. The molecule has 1 aliphatic carbocycles. The summed E-state index contributed by atoms with van der Waals surface area (Å²) >= 11 is 0. The maximum Gasteiger partial charge on any atom is 0.143 e. The molecule has 1 aliphatic rings. The molecule has 0 radical (unpaired) electrons. The number of nitrogens with one attached hydrogen (secondary N) is 1. The molecule has 108 valence electrons. The molecule has 2 atom stereocenters. The van der Waals surface area contributed by atoms with E-state index in [1.54, 1.807) is 7.11 Å². The number of para-hydroxylation sites is 1. The predicted molar refractivity (Wildman–Crippen MR) is 81.9 cm³/mol. The molecule has 1 fully saturated rings. The Morgan fingerprint density at radius 2 is 2.15 bits per heavy atom. The van der Waals surface area contributed by atoms with Gasteiger partial charge in [-0.05, 0) is 42.7 Å². The SMILES string of the molecule is COc1cccc(C#N)c1NC1CCC(C)(C)CC1C. The Labute approximate surface area is 121 Å². The number of nitrogens with zero attached hydrogens (tertiary/aromatic N) is 1. The van der Waals surface area contributed by atoms with Crippen LogP contribution in [0.4, 0.5) is 5.69 Å². The molecule has 0 heterocycles. The standard InChI is InChI=1S/C17H24N2O/c1-12-10-17(2,3)9-8-14(12)19-16-13(11-18)6-5-7-15(16)20-4/h5-7,12,14,19H,8-10H2,1-4H3. The van der Waals surface area contributed by atoms with Crippen LogP contribution in [-0.2, 0) is 0 Å². The van der Waals surface area contributed by atoms with Gasteiger partial charge in [-0.2, -0.15) is 5.26 Å². The number of nitriles is 1. The van der Waals surface area contributed by atoms with Crippen LogP contribution in [0.5, 0.6) is 5.75 Å². The first-order valence-corrected chi connectivity index (χ1v) is 7.30. The van der Waals surface area contributed by atoms with E-state index in [1.807, 2.05) is 18.2 Å². The summed E-state index contributed by atoms with van der Waals surface area (Å²) in [6.45, 7) is 6.97. The summed E-state index contributed by atoms with van der Waals surface area (Å²) in [5.74, 6) is 1.34. The Morgan fingerprint density at radius 3 is 2.75 bits per heavy atom. The number of hydrogen-bond donors (Lipinski definition) is 1. The first-order valence-electron chi connectivity index (χ1n) is 7.30. The largest absolute Gasteiger partial charge is 0.495 e. The molecule has 2 rings (SSSR count). The molecule has 0 aromatic heterocycles. The predicted octanol–water partition coefficient (Wildman–Crippen LogP) is 4.19. The molecule has 1 N–H and O–H groups in total. The summed E-state index contributed by atoms with van der Waals surface area (Å²) in [7, 11) is 1.65. The number of anilines is 1. The van der Waals surface area contributed by atoms with Gasteiger partial charge in [0.1, 0.15) is 11.8 Å². The van der Waals surface area contributed by atoms with Gasteiger partial charge in [0, 0.05) is 6.04 Å². The molecule has 3 heteroatoms. The molecule has 0 saturated heterocycles. The number of benzene rings is 1. The second-order valence-electron chi connectivity index (χ2n) is 6.63. The van der Waals surface area contributed by atoms with Gasteiger partial charge < -0.3 is 10.1 Å². The van der Waals surface area contributed by atoms with E-state index in [0.717, 1.165) is 17.9 Å². The quantitative estimate of drug-likeness (QED) is 0.897. The van der Waals surface area contributed by atoms with Crippen molar-refractivity contribution >= 4 is 5.69 Å². The Morgan fingerprint density at radius 1 is 1.40 bits per heavy atom. The lowest BCUT2D eigenvalue weighted by molar-refractivity contribution is 0.177. The van der Waals surface area contributed by atoms with E-state index in [9.17, 15) is 5.26 Å². The molecular formula is C17H24N2O. The van der Waals surface area contributed by atoms with Crippen molar-refractivity contribution in [3.05, 3.63) is 23.8 Å². The van der Waals surface area contributed by atoms with Gasteiger partial charge >= 0.3 is 0 Å². The average Bonchev–Trinajstić information content (AvgIpc) is 2.41. The zero-order valence-electron chi connectivity index (χ0n) is 12.9. The molecular weight excluding hydrogens is 248 g/mol. The normalized spacial score (nSPS) is 24.8. The van der Waals surface area contributed by atoms with Crippen molar-refractivity contribution in [2.75, 3.05) is 12.4 Å². The second kappa shape index (κ2) is 5.75. The molecule has 0 bridgehead atoms. The molecule has 1 aromatic rings. The molecule has 1 aromatic carbocycles. The highest BCUT2D eigenvalue weighted by atomic mass is 16.5. The Kier molecular flexibility index (Phi) is 4.23. The fraction of sp³-hybridized carbons (Fsp3) is 0.588. The van der Waals surface area contributed by atoms with Crippen molar-refractivity contribution in [2.24, 2.45) is 11.3 Å². The van der Waals surface area contributed by atoms with Gasteiger partial charge in [0.05, 0.1) is 18.4 Å². The second-order valence-corrected chi connectivity index (χ2v) is 6.63. The zero-order valence-corrected chi connectivity index (χ0v) is 12.9. The van der Waals surface area contributed by atoms with Crippen molar-refractivity contribution in [1.29, 1.82) is 5.26 Å². The Hall–Kier alpha value is -1.69. The molecule has 20 heavy (non-hydrogen) atoms. The van der Waals surface area contributed by atoms with E-state index in [1.165, 1.54) is 12.8 Å². The lowest BCUT2D eigenvalue weighted by Crippen LogP contribution is -2.37.